The Morgan fingerprint density at radius 1 is 1.55 bits per heavy atom. The number of rotatable bonds is 3. The van der Waals surface area contributed by atoms with Gasteiger partial charge in [0.2, 0.25) is 0 Å². The van der Waals surface area contributed by atoms with Gasteiger partial charge in [0.05, 0.1) is 0 Å². The first-order valence-corrected chi connectivity index (χ1v) is 4.37. The maximum atomic E-state index is 11.1. The first-order valence-electron chi connectivity index (χ1n) is 4.37. The summed E-state index contributed by atoms with van der Waals surface area (Å²) in [6.45, 7) is 4.83. The Kier molecular flexibility index (Phi) is 3.20. The Morgan fingerprint density at radius 2 is 2.27 bits per heavy atom. The summed E-state index contributed by atoms with van der Waals surface area (Å²) in [7, 11) is 0. The summed E-state index contributed by atoms with van der Waals surface area (Å²) in [5, 5.41) is 2.87. The number of carbonyl (C=O) groups excluding carboxylic acids is 1. The Bertz CT molecular complexity index is 132. The molecule has 0 atom stereocenters. The Balaban J connectivity index is 2.01. The van der Waals surface area contributed by atoms with Crippen LogP contribution in [-0.4, -0.2) is 30.6 Å². The summed E-state index contributed by atoms with van der Waals surface area (Å²) in [5.41, 5.74) is 0. The third-order valence-corrected chi connectivity index (χ3v) is 1.95. The zero-order chi connectivity index (χ0) is 8.10. The summed E-state index contributed by atoms with van der Waals surface area (Å²) in [5.74, 6) is 0. The summed E-state index contributed by atoms with van der Waals surface area (Å²) in [4.78, 5) is 13.0. The number of amides is 2. The highest BCUT2D eigenvalue weighted by Gasteiger charge is 2.18. The van der Waals surface area contributed by atoms with Gasteiger partial charge in [-0.3, -0.25) is 0 Å². The summed E-state index contributed by atoms with van der Waals surface area (Å²) in [6.07, 6.45) is 3.39. The highest BCUT2D eigenvalue weighted by molar-refractivity contribution is 5.74. The zero-order valence-corrected chi connectivity index (χ0v) is 7.10. The minimum Gasteiger partial charge on any atom is -0.338 e. The predicted molar refractivity (Wildman–Crippen MR) is 44.5 cm³/mol. The third-order valence-electron chi connectivity index (χ3n) is 1.95. The van der Waals surface area contributed by atoms with Crippen LogP contribution in [0.1, 0.15) is 26.2 Å². The van der Waals surface area contributed by atoms with Crippen LogP contribution in [0.15, 0.2) is 0 Å². The first-order chi connectivity index (χ1) is 5.34. The van der Waals surface area contributed by atoms with Crippen molar-refractivity contribution in [2.24, 2.45) is 0 Å². The second-order valence-corrected chi connectivity index (χ2v) is 2.93. The maximum absolute atomic E-state index is 11.1. The van der Waals surface area contributed by atoms with Gasteiger partial charge in [-0.2, -0.15) is 0 Å². The van der Waals surface area contributed by atoms with Crippen LogP contribution < -0.4 is 5.32 Å². The van der Waals surface area contributed by atoms with Gasteiger partial charge in [0.15, 0.2) is 0 Å². The molecule has 0 unspecified atom stereocenters. The normalized spacial score (nSPS) is 15.9. The molecule has 1 heterocycles. The number of nitrogens with one attached hydrogen (secondary N) is 1. The molecule has 0 bridgehead atoms. The molecule has 3 heteroatoms. The lowest BCUT2D eigenvalue weighted by molar-refractivity contribution is 0.167. The lowest BCUT2D eigenvalue weighted by Crippen LogP contribution is -2.47. The van der Waals surface area contributed by atoms with Crippen LogP contribution in [-0.2, 0) is 0 Å². The largest absolute Gasteiger partial charge is 0.338 e. The van der Waals surface area contributed by atoms with Crippen molar-refractivity contribution in [3.8, 4) is 0 Å². The SMILES string of the molecule is CCCCNC(=O)N1CCC1. The van der Waals surface area contributed by atoms with Crippen LogP contribution in [0.25, 0.3) is 0 Å². The number of likely N-dealkylation sites (tertiary alicyclic amines) is 1. The van der Waals surface area contributed by atoms with E-state index in [0.29, 0.717) is 0 Å². The van der Waals surface area contributed by atoms with Crippen molar-refractivity contribution in [1.82, 2.24) is 10.2 Å². The van der Waals surface area contributed by atoms with E-state index >= 15 is 0 Å². The van der Waals surface area contributed by atoms with Crippen molar-refractivity contribution in [3.63, 3.8) is 0 Å². The summed E-state index contributed by atoms with van der Waals surface area (Å²) < 4.78 is 0. The van der Waals surface area contributed by atoms with Crippen LogP contribution in [0.3, 0.4) is 0 Å². The molecule has 1 saturated heterocycles. The van der Waals surface area contributed by atoms with Gasteiger partial charge in [0.25, 0.3) is 0 Å². The zero-order valence-electron chi connectivity index (χ0n) is 7.10. The van der Waals surface area contributed by atoms with E-state index in [2.05, 4.69) is 12.2 Å². The number of unbranched alkanes of at least 4 members (excludes halogenated alkanes) is 1. The van der Waals surface area contributed by atoms with Crippen LogP contribution in [0.5, 0.6) is 0 Å². The maximum Gasteiger partial charge on any atom is 0.317 e. The molecule has 1 rings (SSSR count). The van der Waals surface area contributed by atoms with E-state index in [0.717, 1.165) is 32.5 Å². The first kappa shape index (κ1) is 8.37. The number of hydrogen-bond acceptors (Lipinski definition) is 1. The number of urea groups is 1. The minimum atomic E-state index is 0.115. The Hall–Kier alpha value is -0.730. The van der Waals surface area contributed by atoms with E-state index in [-0.39, 0.29) is 6.03 Å². The molecule has 1 fully saturated rings. The molecule has 0 aromatic heterocycles. The average molecular weight is 156 g/mol. The fraction of sp³-hybridized carbons (Fsp3) is 0.875. The molecule has 0 radical (unpaired) electrons. The molecule has 11 heavy (non-hydrogen) atoms. The summed E-state index contributed by atoms with van der Waals surface area (Å²) in [6, 6.07) is 0.115. The fourth-order valence-electron chi connectivity index (χ4n) is 1.00. The van der Waals surface area contributed by atoms with Crippen LogP contribution in [0, 0.1) is 0 Å². The van der Waals surface area contributed by atoms with Gasteiger partial charge < -0.3 is 10.2 Å². The Labute approximate surface area is 67.8 Å². The van der Waals surface area contributed by atoms with Gasteiger partial charge in [0, 0.05) is 19.6 Å². The molecule has 0 aliphatic carbocycles. The predicted octanol–water partition coefficient (Wildman–Crippen LogP) is 1.20. The highest BCUT2D eigenvalue weighted by Crippen LogP contribution is 2.04. The molecule has 1 aliphatic rings. The minimum absolute atomic E-state index is 0.115. The quantitative estimate of drug-likeness (QED) is 0.612. The highest BCUT2D eigenvalue weighted by atomic mass is 16.2. The molecular formula is C8H16N2O. The summed E-state index contributed by atoms with van der Waals surface area (Å²) >= 11 is 0. The Morgan fingerprint density at radius 3 is 2.73 bits per heavy atom. The van der Waals surface area contributed by atoms with Gasteiger partial charge in [-0.15, -0.1) is 0 Å². The molecule has 1 N–H and O–H groups in total. The fourth-order valence-corrected chi connectivity index (χ4v) is 1.00. The van der Waals surface area contributed by atoms with E-state index in [9.17, 15) is 4.79 Å². The van der Waals surface area contributed by atoms with E-state index in [1.54, 1.807) is 0 Å². The molecule has 0 aromatic rings. The molecule has 0 spiro atoms. The smallest absolute Gasteiger partial charge is 0.317 e. The lowest BCUT2D eigenvalue weighted by Gasteiger charge is -2.30. The van der Waals surface area contributed by atoms with Crippen LogP contribution in [0.2, 0.25) is 0 Å². The monoisotopic (exact) mass is 156 g/mol. The topological polar surface area (TPSA) is 32.3 Å². The molecule has 2 amide bonds. The van der Waals surface area contributed by atoms with Crippen molar-refractivity contribution in [3.05, 3.63) is 0 Å². The van der Waals surface area contributed by atoms with Gasteiger partial charge >= 0.3 is 6.03 Å². The van der Waals surface area contributed by atoms with Crippen molar-refractivity contribution in [2.45, 2.75) is 26.2 Å². The third kappa shape index (κ3) is 2.41. The van der Waals surface area contributed by atoms with Crippen LogP contribution in [0.4, 0.5) is 4.79 Å². The molecule has 3 nitrogen and oxygen atoms in total. The lowest BCUT2D eigenvalue weighted by atomic mass is 10.2. The number of hydrogen-bond donors (Lipinski definition) is 1. The molecule has 64 valence electrons. The molecular weight excluding hydrogens is 140 g/mol. The van der Waals surface area contributed by atoms with Gasteiger partial charge in [-0.1, -0.05) is 13.3 Å². The van der Waals surface area contributed by atoms with Crippen molar-refractivity contribution in [1.29, 1.82) is 0 Å². The van der Waals surface area contributed by atoms with Gasteiger partial charge in [-0.05, 0) is 12.8 Å². The van der Waals surface area contributed by atoms with Crippen LogP contribution >= 0.6 is 0 Å². The number of nitrogens with zero attached hydrogens (tertiary/aromatic N) is 1. The second-order valence-electron chi connectivity index (χ2n) is 2.93. The van der Waals surface area contributed by atoms with Crippen molar-refractivity contribution < 1.29 is 4.79 Å². The molecule has 0 aromatic carbocycles. The number of carbonyl (C=O) groups is 1. The van der Waals surface area contributed by atoms with E-state index in [1.165, 1.54) is 6.42 Å². The molecule has 0 saturated carbocycles. The average Bonchev–Trinajstić information content (AvgIpc) is 1.84. The standard InChI is InChI=1S/C8H16N2O/c1-2-3-5-9-8(11)10-6-4-7-10/h2-7H2,1H3,(H,9,11). The van der Waals surface area contributed by atoms with E-state index in [4.69, 9.17) is 0 Å². The van der Waals surface area contributed by atoms with Crippen molar-refractivity contribution >= 4 is 6.03 Å². The van der Waals surface area contributed by atoms with Gasteiger partial charge in [-0.25, -0.2) is 4.79 Å². The van der Waals surface area contributed by atoms with E-state index < -0.39 is 0 Å². The van der Waals surface area contributed by atoms with E-state index in [1.807, 2.05) is 4.90 Å². The molecule has 1 aliphatic heterocycles. The van der Waals surface area contributed by atoms with Gasteiger partial charge in [0.1, 0.15) is 0 Å². The second kappa shape index (κ2) is 4.21. The van der Waals surface area contributed by atoms with Crippen molar-refractivity contribution in [2.75, 3.05) is 19.6 Å².